The molecule has 1 rings (SSSR count). The maximum absolute atomic E-state index is 13.5. The molecule has 0 aliphatic heterocycles. The van der Waals surface area contributed by atoms with Crippen molar-refractivity contribution in [1.82, 2.24) is 0 Å². The fourth-order valence-corrected chi connectivity index (χ4v) is 1.38. The van der Waals surface area contributed by atoms with E-state index in [1.54, 1.807) is 6.92 Å². The van der Waals surface area contributed by atoms with Crippen molar-refractivity contribution < 1.29 is 32.3 Å². The molecule has 1 aromatic rings. The second-order valence-corrected chi connectivity index (χ2v) is 3.61. The quantitative estimate of drug-likeness (QED) is 0.836. The van der Waals surface area contributed by atoms with E-state index in [0.717, 1.165) is 12.1 Å². The Balaban J connectivity index is 3.28. The molecule has 0 aliphatic carbocycles. The van der Waals surface area contributed by atoms with Crippen molar-refractivity contribution >= 4 is 17.6 Å². The van der Waals surface area contributed by atoms with Crippen LogP contribution in [0.25, 0.3) is 0 Å². The van der Waals surface area contributed by atoms with Crippen molar-refractivity contribution in [3.63, 3.8) is 0 Å². The third-order valence-corrected chi connectivity index (χ3v) is 2.28. The number of hydrogen-bond acceptors (Lipinski definition) is 2. The van der Waals surface area contributed by atoms with Crippen LogP contribution in [0.15, 0.2) is 12.1 Å². The Kier molecular flexibility index (Phi) is 4.13. The number of halogens is 4. The molecule has 0 fully saturated rings. The van der Waals surface area contributed by atoms with Gasteiger partial charge in [0.1, 0.15) is 11.4 Å². The minimum atomic E-state index is -5.19. The van der Waals surface area contributed by atoms with E-state index < -0.39 is 35.1 Å². The smallest absolute Gasteiger partial charge is 0.471 e. The zero-order valence-corrected chi connectivity index (χ0v) is 9.64. The standard InChI is InChI=1S/C11H9F4NO3/c1-2-5-3-6(12)8(9(17)18)7(4-5)16-10(19)11(13,14)15/h3-4H,2H2,1H3,(H,16,19)(H,17,18). The zero-order chi connectivity index (χ0) is 14.8. The van der Waals surface area contributed by atoms with Crippen molar-refractivity contribution in [3.8, 4) is 0 Å². The summed E-state index contributed by atoms with van der Waals surface area (Å²) >= 11 is 0. The van der Waals surface area contributed by atoms with Crippen LogP contribution in [-0.4, -0.2) is 23.2 Å². The van der Waals surface area contributed by atoms with Gasteiger partial charge in [0.05, 0.1) is 5.69 Å². The lowest BCUT2D eigenvalue weighted by atomic mass is 10.1. The van der Waals surface area contributed by atoms with Crippen LogP contribution in [0.2, 0.25) is 0 Å². The number of carbonyl (C=O) groups is 2. The van der Waals surface area contributed by atoms with Gasteiger partial charge in [0.25, 0.3) is 0 Å². The van der Waals surface area contributed by atoms with Gasteiger partial charge < -0.3 is 10.4 Å². The van der Waals surface area contributed by atoms with E-state index in [9.17, 15) is 27.2 Å². The molecule has 0 saturated carbocycles. The number of carboxylic acid groups (broad SMARTS) is 1. The van der Waals surface area contributed by atoms with Crippen LogP contribution < -0.4 is 5.32 Å². The number of alkyl halides is 3. The molecular formula is C11H9F4NO3. The first-order valence-corrected chi connectivity index (χ1v) is 5.10. The van der Waals surface area contributed by atoms with E-state index in [1.165, 1.54) is 5.32 Å². The SMILES string of the molecule is CCc1cc(F)c(C(=O)O)c(NC(=O)C(F)(F)F)c1. The number of aryl methyl sites for hydroxylation is 1. The molecule has 104 valence electrons. The van der Waals surface area contributed by atoms with Crippen LogP contribution in [0, 0.1) is 5.82 Å². The minimum absolute atomic E-state index is 0.264. The number of carboxylic acids is 1. The summed E-state index contributed by atoms with van der Waals surface area (Å²) in [6.07, 6.45) is -4.92. The fourth-order valence-electron chi connectivity index (χ4n) is 1.38. The highest BCUT2D eigenvalue weighted by Crippen LogP contribution is 2.25. The molecule has 0 heterocycles. The van der Waals surface area contributed by atoms with Crippen LogP contribution in [0.5, 0.6) is 0 Å². The van der Waals surface area contributed by atoms with Gasteiger partial charge >= 0.3 is 18.1 Å². The summed E-state index contributed by atoms with van der Waals surface area (Å²) in [5, 5.41) is 10.1. The molecule has 19 heavy (non-hydrogen) atoms. The Bertz CT molecular complexity index is 525. The van der Waals surface area contributed by atoms with Crippen molar-refractivity contribution in [3.05, 3.63) is 29.1 Å². The van der Waals surface area contributed by atoms with Crippen LogP contribution in [0.3, 0.4) is 0 Å². The third-order valence-electron chi connectivity index (χ3n) is 2.28. The van der Waals surface area contributed by atoms with E-state index in [4.69, 9.17) is 5.11 Å². The lowest BCUT2D eigenvalue weighted by Gasteiger charge is -2.12. The highest BCUT2D eigenvalue weighted by molar-refractivity contribution is 6.02. The van der Waals surface area contributed by atoms with Crippen molar-refractivity contribution in [2.45, 2.75) is 19.5 Å². The Morgan fingerprint density at radius 1 is 1.32 bits per heavy atom. The van der Waals surface area contributed by atoms with Gasteiger partial charge in [0.15, 0.2) is 0 Å². The summed E-state index contributed by atoms with van der Waals surface area (Å²) in [6.45, 7) is 1.60. The van der Waals surface area contributed by atoms with E-state index in [-0.39, 0.29) is 12.0 Å². The van der Waals surface area contributed by atoms with Gasteiger partial charge in [-0.3, -0.25) is 4.79 Å². The van der Waals surface area contributed by atoms with E-state index >= 15 is 0 Å². The van der Waals surface area contributed by atoms with Gasteiger partial charge in [-0.2, -0.15) is 13.2 Å². The molecule has 0 atom stereocenters. The van der Waals surface area contributed by atoms with Crippen molar-refractivity contribution in [2.75, 3.05) is 5.32 Å². The molecule has 0 spiro atoms. The molecule has 4 nitrogen and oxygen atoms in total. The average Bonchev–Trinajstić information content (AvgIpc) is 2.26. The maximum atomic E-state index is 13.5. The number of rotatable bonds is 3. The predicted molar refractivity (Wildman–Crippen MR) is 57.4 cm³/mol. The molecule has 0 bridgehead atoms. The molecule has 8 heteroatoms. The van der Waals surface area contributed by atoms with Crippen molar-refractivity contribution in [2.24, 2.45) is 0 Å². The summed E-state index contributed by atoms with van der Waals surface area (Å²) in [6, 6.07) is 1.89. The van der Waals surface area contributed by atoms with E-state index in [1.807, 2.05) is 0 Å². The second kappa shape index (κ2) is 5.25. The number of benzene rings is 1. The van der Waals surface area contributed by atoms with Gasteiger partial charge in [-0.1, -0.05) is 6.92 Å². The third kappa shape index (κ3) is 3.43. The molecule has 1 amide bonds. The first kappa shape index (κ1) is 14.9. The number of anilines is 1. The summed E-state index contributed by atoms with van der Waals surface area (Å²) in [4.78, 5) is 21.6. The predicted octanol–water partition coefficient (Wildman–Crippen LogP) is 2.59. The lowest BCUT2D eigenvalue weighted by molar-refractivity contribution is -0.167. The van der Waals surface area contributed by atoms with Gasteiger partial charge in [-0.25, -0.2) is 9.18 Å². The second-order valence-electron chi connectivity index (χ2n) is 3.61. The largest absolute Gasteiger partial charge is 0.478 e. The highest BCUT2D eigenvalue weighted by Gasteiger charge is 2.39. The van der Waals surface area contributed by atoms with Gasteiger partial charge in [-0.05, 0) is 24.1 Å². The summed E-state index contributed by atoms with van der Waals surface area (Å²) in [5.74, 6) is -5.33. The Morgan fingerprint density at radius 3 is 2.32 bits per heavy atom. The number of amides is 1. The van der Waals surface area contributed by atoms with Gasteiger partial charge in [0.2, 0.25) is 0 Å². The maximum Gasteiger partial charge on any atom is 0.471 e. The molecule has 2 N–H and O–H groups in total. The fraction of sp³-hybridized carbons (Fsp3) is 0.273. The van der Waals surface area contributed by atoms with Crippen LogP contribution in [0.1, 0.15) is 22.8 Å². The van der Waals surface area contributed by atoms with Crippen molar-refractivity contribution in [1.29, 1.82) is 0 Å². The first-order chi connectivity index (χ1) is 8.66. The zero-order valence-electron chi connectivity index (χ0n) is 9.64. The number of carbonyl (C=O) groups excluding carboxylic acids is 1. The van der Waals surface area contributed by atoms with Crippen LogP contribution >= 0.6 is 0 Å². The Hall–Kier alpha value is -2.12. The molecule has 0 aliphatic rings. The number of hydrogen-bond donors (Lipinski definition) is 2. The molecule has 0 saturated heterocycles. The van der Waals surface area contributed by atoms with Gasteiger partial charge in [0, 0.05) is 0 Å². The van der Waals surface area contributed by atoms with E-state index in [0.29, 0.717) is 0 Å². The average molecular weight is 279 g/mol. The van der Waals surface area contributed by atoms with E-state index in [2.05, 4.69) is 0 Å². The topological polar surface area (TPSA) is 66.4 Å². The summed E-state index contributed by atoms with van der Waals surface area (Å²) in [7, 11) is 0. The molecule has 1 aromatic carbocycles. The summed E-state index contributed by atoms with van der Waals surface area (Å²) < 4.78 is 49.8. The number of nitrogens with one attached hydrogen (secondary N) is 1. The molecule has 0 aromatic heterocycles. The summed E-state index contributed by atoms with van der Waals surface area (Å²) in [5.41, 5.74) is -1.46. The highest BCUT2D eigenvalue weighted by atomic mass is 19.4. The Morgan fingerprint density at radius 2 is 1.89 bits per heavy atom. The van der Waals surface area contributed by atoms with Crippen LogP contribution in [-0.2, 0) is 11.2 Å². The Labute approximate surface area is 105 Å². The monoisotopic (exact) mass is 279 g/mol. The van der Waals surface area contributed by atoms with Gasteiger partial charge in [-0.15, -0.1) is 0 Å². The normalized spacial score (nSPS) is 11.2. The minimum Gasteiger partial charge on any atom is -0.478 e. The molecule has 0 unspecified atom stereocenters. The lowest BCUT2D eigenvalue weighted by Crippen LogP contribution is -2.30. The van der Waals surface area contributed by atoms with Crippen LogP contribution in [0.4, 0.5) is 23.2 Å². The molecule has 0 radical (unpaired) electrons. The molecular weight excluding hydrogens is 270 g/mol. The number of aromatic carboxylic acids is 1. The first-order valence-electron chi connectivity index (χ1n) is 5.10.